The van der Waals surface area contributed by atoms with Gasteiger partial charge in [0.15, 0.2) is 0 Å². The van der Waals surface area contributed by atoms with E-state index in [4.69, 9.17) is 0 Å². The van der Waals surface area contributed by atoms with Gasteiger partial charge in [-0.05, 0) is 18.7 Å². The predicted octanol–water partition coefficient (Wildman–Crippen LogP) is 2.31. The average molecular weight is 357 g/mol. The zero-order chi connectivity index (χ0) is 18.5. The number of hydrogen-bond donors (Lipinski definition) is 2. The second-order valence-corrected chi connectivity index (χ2v) is 6.04. The van der Waals surface area contributed by atoms with Gasteiger partial charge in [-0.25, -0.2) is 9.97 Å². The van der Waals surface area contributed by atoms with Gasteiger partial charge in [0.2, 0.25) is 0 Å². The van der Waals surface area contributed by atoms with Crippen LogP contribution in [0.15, 0.2) is 30.6 Å². The van der Waals surface area contributed by atoms with Gasteiger partial charge in [0.05, 0.1) is 4.92 Å². The molecule has 1 aliphatic heterocycles. The van der Waals surface area contributed by atoms with Crippen LogP contribution in [-0.2, 0) is 0 Å². The summed E-state index contributed by atoms with van der Waals surface area (Å²) in [5.74, 6) is 1.13. The molecule has 1 aromatic carbocycles. The van der Waals surface area contributed by atoms with E-state index in [2.05, 4.69) is 37.3 Å². The van der Waals surface area contributed by atoms with Crippen LogP contribution < -0.4 is 15.5 Å². The summed E-state index contributed by atoms with van der Waals surface area (Å²) in [7, 11) is 1.75. The quantitative estimate of drug-likeness (QED) is 0.600. The Kier molecular flexibility index (Phi) is 5.47. The number of rotatable bonds is 6. The van der Waals surface area contributed by atoms with Crippen molar-refractivity contribution in [3.63, 3.8) is 0 Å². The molecule has 2 heterocycles. The van der Waals surface area contributed by atoms with E-state index in [0.717, 1.165) is 38.4 Å². The fourth-order valence-corrected chi connectivity index (χ4v) is 3.00. The monoisotopic (exact) mass is 357 g/mol. The summed E-state index contributed by atoms with van der Waals surface area (Å²) in [6.07, 6.45) is 1.40. The highest BCUT2D eigenvalue weighted by atomic mass is 16.6. The minimum Gasteiger partial charge on any atom is -0.373 e. The van der Waals surface area contributed by atoms with Gasteiger partial charge in [0, 0.05) is 51.0 Å². The summed E-state index contributed by atoms with van der Waals surface area (Å²) in [5.41, 5.74) is 1.31. The minimum absolute atomic E-state index is 0.0324. The topological polar surface area (TPSA) is 99.5 Å². The van der Waals surface area contributed by atoms with Crippen LogP contribution in [0, 0.1) is 10.1 Å². The first-order valence-corrected chi connectivity index (χ1v) is 8.63. The van der Waals surface area contributed by atoms with E-state index in [1.165, 1.54) is 6.33 Å². The van der Waals surface area contributed by atoms with E-state index in [1.54, 1.807) is 25.2 Å². The summed E-state index contributed by atoms with van der Waals surface area (Å²) >= 11 is 0. The normalized spacial score (nSPS) is 14.9. The summed E-state index contributed by atoms with van der Waals surface area (Å²) in [6, 6.07) is 6.98. The Morgan fingerprint density at radius 3 is 2.54 bits per heavy atom. The number of aromatic nitrogens is 2. The van der Waals surface area contributed by atoms with Gasteiger partial charge in [-0.3, -0.25) is 10.1 Å². The van der Waals surface area contributed by atoms with E-state index in [-0.39, 0.29) is 10.6 Å². The van der Waals surface area contributed by atoms with Crippen LogP contribution in [0.1, 0.15) is 6.92 Å². The minimum atomic E-state index is -0.367. The molecule has 1 fully saturated rings. The Balaban J connectivity index is 1.82. The number of nitro benzene ring substituents is 1. The highest BCUT2D eigenvalue weighted by molar-refractivity contribution is 5.73. The molecule has 0 aliphatic carbocycles. The summed E-state index contributed by atoms with van der Waals surface area (Å²) in [5, 5.41) is 17.5. The molecule has 0 radical (unpaired) electrons. The van der Waals surface area contributed by atoms with E-state index >= 15 is 0 Å². The third-order valence-electron chi connectivity index (χ3n) is 4.55. The lowest BCUT2D eigenvalue weighted by atomic mass is 10.2. The highest BCUT2D eigenvalue weighted by Gasteiger charge is 2.21. The molecular weight excluding hydrogens is 334 g/mol. The molecule has 3 rings (SSSR count). The number of benzene rings is 1. The lowest BCUT2D eigenvalue weighted by Crippen LogP contribution is -2.46. The zero-order valence-corrected chi connectivity index (χ0v) is 15.0. The molecule has 0 amide bonds. The molecule has 9 nitrogen and oxygen atoms in total. The maximum atomic E-state index is 11.6. The Labute approximate surface area is 152 Å². The molecule has 1 aliphatic rings. The lowest BCUT2D eigenvalue weighted by molar-refractivity contribution is -0.383. The lowest BCUT2D eigenvalue weighted by Gasteiger charge is -2.35. The van der Waals surface area contributed by atoms with E-state index in [9.17, 15) is 10.1 Å². The van der Waals surface area contributed by atoms with Crippen molar-refractivity contribution in [3.8, 4) is 0 Å². The Bertz CT molecular complexity index is 775. The predicted molar refractivity (Wildman–Crippen MR) is 102 cm³/mol. The van der Waals surface area contributed by atoms with Gasteiger partial charge in [-0.15, -0.1) is 0 Å². The van der Waals surface area contributed by atoms with Crippen LogP contribution in [0.4, 0.5) is 28.7 Å². The standard InChI is InChI=1S/C17H23N7O2/c1-3-22-6-8-23(9-7-22)13-4-5-14(15(10-13)24(25)26)21-17-11-16(18-2)19-12-20-17/h4-5,10-12H,3,6-9H2,1-2H3,(H2,18,19,20,21). The number of nitro groups is 1. The Hall–Kier alpha value is -2.94. The van der Waals surface area contributed by atoms with Crippen molar-refractivity contribution in [2.75, 3.05) is 55.3 Å². The van der Waals surface area contributed by atoms with Gasteiger partial charge in [-0.2, -0.15) is 0 Å². The van der Waals surface area contributed by atoms with Crippen LogP contribution in [-0.4, -0.2) is 59.6 Å². The average Bonchev–Trinajstić information content (AvgIpc) is 2.68. The summed E-state index contributed by atoms with van der Waals surface area (Å²) in [6.45, 7) is 6.86. The second kappa shape index (κ2) is 7.96. The molecule has 0 unspecified atom stereocenters. The SMILES string of the molecule is CCN1CCN(c2ccc(Nc3cc(NC)ncn3)c([N+](=O)[O-])c2)CC1. The van der Waals surface area contributed by atoms with E-state index < -0.39 is 0 Å². The zero-order valence-electron chi connectivity index (χ0n) is 15.0. The molecule has 138 valence electrons. The molecule has 0 spiro atoms. The van der Waals surface area contributed by atoms with Crippen LogP contribution in [0.2, 0.25) is 0 Å². The van der Waals surface area contributed by atoms with Crippen molar-refractivity contribution < 1.29 is 4.92 Å². The highest BCUT2D eigenvalue weighted by Crippen LogP contribution is 2.32. The second-order valence-electron chi connectivity index (χ2n) is 6.04. The molecule has 0 saturated carbocycles. The maximum absolute atomic E-state index is 11.6. The molecular formula is C17H23N7O2. The number of nitrogens with zero attached hydrogens (tertiary/aromatic N) is 5. The molecule has 9 heteroatoms. The van der Waals surface area contributed by atoms with E-state index in [1.807, 2.05) is 6.07 Å². The largest absolute Gasteiger partial charge is 0.373 e. The van der Waals surface area contributed by atoms with Crippen molar-refractivity contribution in [2.45, 2.75) is 6.92 Å². The van der Waals surface area contributed by atoms with Gasteiger partial charge in [0.1, 0.15) is 23.7 Å². The van der Waals surface area contributed by atoms with Gasteiger partial charge in [-0.1, -0.05) is 6.92 Å². The molecule has 26 heavy (non-hydrogen) atoms. The number of hydrogen-bond acceptors (Lipinski definition) is 8. The molecule has 0 atom stereocenters. The number of anilines is 4. The Morgan fingerprint density at radius 1 is 1.15 bits per heavy atom. The molecule has 0 bridgehead atoms. The maximum Gasteiger partial charge on any atom is 0.294 e. The third kappa shape index (κ3) is 3.99. The fraction of sp³-hybridized carbons (Fsp3) is 0.412. The van der Waals surface area contributed by atoms with Gasteiger partial charge in [0.25, 0.3) is 5.69 Å². The fourth-order valence-electron chi connectivity index (χ4n) is 3.00. The smallest absolute Gasteiger partial charge is 0.294 e. The summed E-state index contributed by atoms with van der Waals surface area (Å²) < 4.78 is 0. The third-order valence-corrected chi connectivity index (χ3v) is 4.55. The summed E-state index contributed by atoms with van der Waals surface area (Å²) in [4.78, 5) is 23.9. The number of nitrogens with one attached hydrogen (secondary N) is 2. The van der Waals surface area contributed by atoms with Gasteiger partial charge < -0.3 is 20.4 Å². The van der Waals surface area contributed by atoms with Crippen LogP contribution in [0.5, 0.6) is 0 Å². The first-order chi connectivity index (χ1) is 12.6. The van der Waals surface area contributed by atoms with Crippen molar-refractivity contribution >= 4 is 28.7 Å². The number of piperazine rings is 1. The van der Waals surface area contributed by atoms with Crippen molar-refractivity contribution in [1.29, 1.82) is 0 Å². The first-order valence-electron chi connectivity index (χ1n) is 8.63. The van der Waals surface area contributed by atoms with Crippen LogP contribution in [0.25, 0.3) is 0 Å². The first kappa shape index (κ1) is 17.9. The van der Waals surface area contributed by atoms with Gasteiger partial charge >= 0.3 is 0 Å². The Morgan fingerprint density at radius 2 is 1.88 bits per heavy atom. The molecule has 2 aromatic rings. The van der Waals surface area contributed by atoms with Crippen molar-refractivity contribution in [3.05, 3.63) is 40.7 Å². The molecule has 2 N–H and O–H groups in total. The van der Waals surface area contributed by atoms with Crippen molar-refractivity contribution in [2.24, 2.45) is 0 Å². The molecule has 1 saturated heterocycles. The van der Waals surface area contributed by atoms with Crippen molar-refractivity contribution in [1.82, 2.24) is 14.9 Å². The van der Waals surface area contributed by atoms with Crippen LogP contribution >= 0.6 is 0 Å². The number of likely N-dealkylation sites (N-methyl/N-ethyl adjacent to an activating group) is 1. The van der Waals surface area contributed by atoms with Crippen LogP contribution in [0.3, 0.4) is 0 Å². The molecule has 1 aromatic heterocycles. The van der Waals surface area contributed by atoms with E-state index in [0.29, 0.717) is 17.3 Å².